The zero-order valence-corrected chi connectivity index (χ0v) is 18.1. The summed E-state index contributed by atoms with van der Waals surface area (Å²) in [6.45, 7) is 1.14. The van der Waals surface area contributed by atoms with Crippen LogP contribution in [0.5, 0.6) is 0 Å². The van der Waals surface area contributed by atoms with E-state index in [1.165, 1.54) is 6.26 Å². The van der Waals surface area contributed by atoms with E-state index in [4.69, 9.17) is 0 Å². The van der Waals surface area contributed by atoms with Crippen molar-refractivity contribution in [3.8, 4) is 0 Å². The Hall–Kier alpha value is -2.87. The molecule has 1 amide bonds. The van der Waals surface area contributed by atoms with Crippen LogP contribution in [0.4, 0.5) is 0 Å². The van der Waals surface area contributed by atoms with Gasteiger partial charge in [0, 0.05) is 46.1 Å². The fraction of sp³-hybridized carbons (Fsp3) is 0.333. The van der Waals surface area contributed by atoms with Crippen molar-refractivity contribution in [2.75, 3.05) is 27.4 Å². The summed E-state index contributed by atoms with van der Waals surface area (Å²) in [4.78, 5) is 17.7. The number of amides is 1. The Kier molecular flexibility index (Phi) is 7.78. The van der Waals surface area contributed by atoms with Crippen molar-refractivity contribution in [2.24, 2.45) is 4.99 Å². The molecule has 0 unspecified atom stereocenters. The predicted molar refractivity (Wildman–Crippen MR) is 116 cm³/mol. The summed E-state index contributed by atoms with van der Waals surface area (Å²) in [6, 6.07) is 14.9. The Morgan fingerprint density at radius 3 is 1.76 bits per heavy atom. The average molecular weight is 417 g/mol. The summed E-state index contributed by atoms with van der Waals surface area (Å²) in [5, 5.41) is 6.46. The van der Waals surface area contributed by atoms with Gasteiger partial charge in [-0.2, -0.15) is 0 Å². The number of sulfone groups is 1. The van der Waals surface area contributed by atoms with Gasteiger partial charge in [0.25, 0.3) is 5.91 Å². The molecule has 0 fully saturated rings. The van der Waals surface area contributed by atoms with Gasteiger partial charge in [-0.05, 0) is 28.8 Å². The Morgan fingerprint density at radius 2 is 1.34 bits per heavy atom. The van der Waals surface area contributed by atoms with Crippen LogP contribution in [0.2, 0.25) is 0 Å². The topological polar surface area (TPSA) is 90.9 Å². The Morgan fingerprint density at radius 1 is 0.897 bits per heavy atom. The monoisotopic (exact) mass is 416 g/mol. The molecule has 7 nitrogen and oxygen atoms in total. The van der Waals surface area contributed by atoms with E-state index >= 15 is 0 Å². The molecule has 0 radical (unpaired) electrons. The van der Waals surface area contributed by atoms with Crippen LogP contribution in [0.15, 0.2) is 53.5 Å². The van der Waals surface area contributed by atoms with Gasteiger partial charge in [0.1, 0.15) is 0 Å². The van der Waals surface area contributed by atoms with Gasteiger partial charge in [0.05, 0.1) is 5.75 Å². The fourth-order valence-electron chi connectivity index (χ4n) is 2.67. The van der Waals surface area contributed by atoms with Crippen molar-refractivity contribution in [3.63, 3.8) is 0 Å². The third-order valence-electron chi connectivity index (χ3n) is 4.20. The van der Waals surface area contributed by atoms with Crippen LogP contribution in [-0.2, 0) is 28.7 Å². The number of carbonyl (C=O) groups is 1. The van der Waals surface area contributed by atoms with Gasteiger partial charge in [0.15, 0.2) is 15.8 Å². The van der Waals surface area contributed by atoms with Crippen LogP contribution in [0.25, 0.3) is 0 Å². The first-order valence-corrected chi connectivity index (χ1v) is 11.2. The lowest BCUT2D eigenvalue weighted by molar-refractivity contribution is 0.0827. The molecule has 0 atom stereocenters. The van der Waals surface area contributed by atoms with E-state index in [0.29, 0.717) is 24.6 Å². The van der Waals surface area contributed by atoms with Crippen LogP contribution >= 0.6 is 0 Å². The number of nitrogens with zero attached hydrogens (tertiary/aromatic N) is 2. The Balaban J connectivity index is 1.86. The number of guanidine groups is 1. The molecule has 2 aromatic rings. The first-order valence-electron chi connectivity index (χ1n) is 9.18. The lowest BCUT2D eigenvalue weighted by Gasteiger charge is -2.13. The van der Waals surface area contributed by atoms with Crippen LogP contribution in [0, 0.1) is 0 Å². The molecule has 2 rings (SSSR count). The van der Waals surface area contributed by atoms with Crippen LogP contribution in [-0.4, -0.2) is 52.6 Å². The van der Waals surface area contributed by atoms with E-state index in [1.54, 1.807) is 26.0 Å². The highest BCUT2D eigenvalue weighted by Gasteiger charge is 2.08. The summed E-state index contributed by atoms with van der Waals surface area (Å²) in [7, 11) is 2.12. The summed E-state index contributed by atoms with van der Waals surface area (Å²) >= 11 is 0. The highest BCUT2D eigenvalue weighted by Crippen LogP contribution is 2.08. The number of carbonyl (C=O) groups excluding carboxylic acids is 1. The van der Waals surface area contributed by atoms with Crippen molar-refractivity contribution < 1.29 is 13.2 Å². The molecule has 0 heterocycles. The minimum absolute atomic E-state index is 0.0236. The van der Waals surface area contributed by atoms with Gasteiger partial charge < -0.3 is 15.5 Å². The van der Waals surface area contributed by atoms with E-state index < -0.39 is 9.84 Å². The molecule has 0 aliphatic carbocycles. The van der Waals surface area contributed by atoms with Gasteiger partial charge >= 0.3 is 0 Å². The summed E-state index contributed by atoms with van der Waals surface area (Å²) in [5.74, 6) is 0.672. The second-order valence-corrected chi connectivity index (χ2v) is 9.20. The first kappa shape index (κ1) is 22.4. The van der Waals surface area contributed by atoms with Gasteiger partial charge in [-0.25, -0.2) is 8.42 Å². The minimum Gasteiger partial charge on any atom is -0.352 e. The number of nitrogens with one attached hydrogen (secondary N) is 2. The van der Waals surface area contributed by atoms with Crippen LogP contribution < -0.4 is 10.6 Å². The van der Waals surface area contributed by atoms with Gasteiger partial charge in [-0.1, -0.05) is 36.4 Å². The number of hydrogen-bond donors (Lipinski definition) is 2. The molecular weight excluding hydrogens is 388 g/mol. The maximum Gasteiger partial charge on any atom is 0.253 e. The third kappa shape index (κ3) is 7.57. The quantitative estimate of drug-likeness (QED) is 0.531. The first-order chi connectivity index (χ1) is 13.7. The standard InChI is InChI=1S/C21H28N4O3S/c1-22-21(23-13-16-5-7-18(8-6-16)15-29(4,27)28)24-14-17-9-11-19(12-10-17)20(26)25(2)3/h5-12H,13-15H2,1-4H3,(H2,22,23,24). The number of rotatable bonds is 7. The van der Waals surface area contributed by atoms with Gasteiger partial charge in [-0.3, -0.25) is 9.79 Å². The summed E-state index contributed by atoms with van der Waals surface area (Å²) in [5.41, 5.74) is 3.49. The van der Waals surface area contributed by atoms with Crippen LogP contribution in [0.3, 0.4) is 0 Å². The largest absolute Gasteiger partial charge is 0.352 e. The normalized spacial score (nSPS) is 11.8. The molecule has 0 aromatic heterocycles. The Bertz CT molecular complexity index is 950. The second-order valence-electron chi connectivity index (χ2n) is 7.06. The molecule has 0 bridgehead atoms. The third-order valence-corrected chi connectivity index (χ3v) is 5.06. The molecule has 0 saturated carbocycles. The van der Waals surface area contributed by atoms with E-state index in [0.717, 1.165) is 16.7 Å². The highest BCUT2D eigenvalue weighted by atomic mass is 32.2. The van der Waals surface area contributed by atoms with Crippen molar-refractivity contribution in [1.29, 1.82) is 0 Å². The average Bonchev–Trinajstić information content (AvgIpc) is 2.68. The Labute approximate surface area is 172 Å². The van der Waals surface area contributed by atoms with E-state index in [9.17, 15) is 13.2 Å². The molecule has 29 heavy (non-hydrogen) atoms. The van der Waals surface area contributed by atoms with E-state index in [1.807, 2.05) is 48.5 Å². The van der Waals surface area contributed by atoms with Gasteiger partial charge in [-0.15, -0.1) is 0 Å². The second kappa shape index (κ2) is 10.1. The molecule has 0 aliphatic heterocycles. The molecule has 2 aromatic carbocycles. The molecule has 2 N–H and O–H groups in total. The summed E-state index contributed by atoms with van der Waals surface area (Å²) in [6.07, 6.45) is 1.23. The smallest absolute Gasteiger partial charge is 0.253 e. The van der Waals surface area contributed by atoms with Crippen molar-refractivity contribution >= 4 is 21.7 Å². The highest BCUT2D eigenvalue weighted by molar-refractivity contribution is 7.89. The predicted octanol–water partition coefficient (Wildman–Crippen LogP) is 1.80. The van der Waals surface area contributed by atoms with Gasteiger partial charge in [0.2, 0.25) is 0 Å². The summed E-state index contributed by atoms with van der Waals surface area (Å²) < 4.78 is 22.7. The zero-order chi connectivity index (χ0) is 21.4. The SMILES string of the molecule is CN=C(NCc1ccc(CS(C)(=O)=O)cc1)NCc1ccc(C(=O)N(C)C)cc1. The fourth-order valence-corrected chi connectivity index (χ4v) is 3.47. The molecule has 0 saturated heterocycles. The maximum atomic E-state index is 11.9. The molecule has 0 aliphatic rings. The molecule has 0 spiro atoms. The lowest BCUT2D eigenvalue weighted by atomic mass is 10.1. The lowest BCUT2D eigenvalue weighted by Crippen LogP contribution is -2.36. The van der Waals surface area contributed by atoms with E-state index in [-0.39, 0.29) is 11.7 Å². The number of aliphatic imine (C=N–C) groups is 1. The van der Waals surface area contributed by atoms with Crippen molar-refractivity contribution in [2.45, 2.75) is 18.8 Å². The minimum atomic E-state index is -3.03. The molecule has 8 heteroatoms. The molecular formula is C21H28N4O3S. The maximum absolute atomic E-state index is 11.9. The molecule has 156 valence electrons. The van der Waals surface area contributed by atoms with Crippen LogP contribution in [0.1, 0.15) is 27.0 Å². The number of benzene rings is 2. The van der Waals surface area contributed by atoms with Crippen molar-refractivity contribution in [3.05, 3.63) is 70.8 Å². The van der Waals surface area contributed by atoms with E-state index in [2.05, 4.69) is 15.6 Å². The number of hydrogen-bond acceptors (Lipinski definition) is 4. The van der Waals surface area contributed by atoms with Crippen molar-refractivity contribution in [1.82, 2.24) is 15.5 Å². The zero-order valence-electron chi connectivity index (χ0n) is 17.3.